The average Bonchev–Trinajstić information content (AvgIpc) is 2.96. The summed E-state index contributed by atoms with van der Waals surface area (Å²) in [6.07, 6.45) is -1.47. The van der Waals surface area contributed by atoms with Gasteiger partial charge in [-0.15, -0.1) is 0 Å². The van der Waals surface area contributed by atoms with E-state index in [2.05, 4.69) is 0 Å². The van der Waals surface area contributed by atoms with Crippen molar-refractivity contribution in [1.29, 1.82) is 0 Å². The Hall–Kier alpha value is -3.34. The van der Waals surface area contributed by atoms with Gasteiger partial charge in [-0.1, -0.05) is 6.07 Å². The van der Waals surface area contributed by atoms with E-state index in [1.165, 1.54) is 30.9 Å². The molecule has 2 aliphatic heterocycles. The van der Waals surface area contributed by atoms with Gasteiger partial charge in [0.15, 0.2) is 6.10 Å². The number of nitro groups is 1. The van der Waals surface area contributed by atoms with E-state index in [1.54, 1.807) is 0 Å². The van der Waals surface area contributed by atoms with E-state index in [0.29, 0.717) is 18.0 Å². The molecule has 3 rings (SSSR count). The predicted octanol–water partition coefficient (Wildman–Crippen LogP) is 1.15. The van der Waals surface area contributed by atoms with Crippen molar-refractivity contribution in [3.8, 4) is 0 Å². The molecule has 31 heavy (non-hydrogen) atoms. The molecule has 0 radical (unpaired) electrons. The second kappa shape index (κ2) is 8.42. The maximum Gasteiger partial charge on any atom is 0.329 e. The monoisotopic (exact) mass is 433 g/mol. The Kier molecular flexibility index (Phi) is 6.07. The summed E-state index contributed by atoms with van der Waals surface area (Å²) >= 11 is 0. The topological polar surface area (TPSA) is 136 Å². The Morgan fingerprint density at radius 3 is 2.35 bits per heavy atom. The summed E-state index contributed by atoms with van der Waals surface area (Å²) in [6, 6.07) is 2.32. The first-order chi connectivity index (χ1) is 14.5. The molecule has 166 valence electrons. The van der Waals surface area contributed by atoms with E-state index in [9.17, 15) is 29.3 Å². The van der Waals surface area contributed by atoms with Gasteiger partial charge in [0.1, 0.15) is 11.6 Å². The number of carbonyl (C=O) groups excluding carboxylic acids is 4. The van der Waals surface area contributed by atoms with E-state index in [0.717, 1.165) is 6.07 Å². The van der Waals surface area contributed by atoms with Gasteiger partial charge < -0.3 is 14.4 Å². The normalized spacial score (nSPS) is 22.7. The van der Waals surface area contributed by atoms with Gasteiger partial charge in [0.2, 0.25) is 0 Å². The van der Waals surface area contributed by atoms with Gasteiger partial charge in [0.25, 0.3) is 23.4 Å². The summed E-state index contributed by atoms with van der Waals surface area (Å²) in [5, 5.41) is 11.2. The van der Waals surface area contributed by atoms with E-state index in [1.807, 2.05) is 13.8 Å². The van der Waals surface area contributed by atoms with Crippen LogP contribution >= 0.6 is 0 Å². The van der Waals surface area contributed by atoms with Gasteiger partial charge in [-0.2, -0.15) is 0 Å². The van der Waals surface area contributed by atoms with Crippen molar-refractivity contribution in [2.75, 3.05) is 13.1 Å². The lowest BCUT2D eigenvalue weighted by Crippen LogP contribution is -2.52. The molecule has 1 aromatic carbocycles. The summed E-state index contributed by atoms with van der Waals surface area (Å²) in [6.45, 7) is 7.04. The van der Waals surface area contributed by atoms with Crippen LogP contribution in [0.25, 0.3) is 0 Å². The van der Waals surface area contributed by atoms with Crippen LogP contribution in [0.4, 0.5) is 5.69 Å². The number of morpholine rings is 1. The first-order valence-electron chi connectivity index (χ1n) is 9.83. The van der Waals surface area contributed by atoms with E-state index >= 15 is 0 Å². The lowest BCUT2D eigenvalue weighted by atomic mass is 10.1. The Morgan fingerprint density at radius 1 is 1.16 bits per heavy atom. The van der Waals surface area contributed by atoms with Crippen LogP contribution in [0.3, 0.4) is 0 Å². The Balaban J connectivity index is 1.72. The minimum absolute atomic E-state index is 0.153. The fourth-order valence-corrected chi connectivity index (χ4v) is 3.83. The fraction of sp³-hybridized carbons (Fsp3) is 0.500. The number of benzene rings is 1. The van der Waals surface area contributed by atoms with E-state index in [4.69, 9.17) is 9.47 Å². The number of amides is 3. The minimum atomic E-state index is -1.37. The molecule has 1 fully saturated rings. The number of nitro benzene ring substituents is 1. The summed E-state index contributed by atoms with van der Waals surface area (Å²) in [4.78, 5) is 63.3. The second-order valence-corrected chi connectivity index (χ2v) is 7.69. The SMILES string of the molecule is CC1CN(C(=O)C(C)OC(=O)C(C)N2C(=O)c3cccc([N+](=O)[O-])c3C2=O)CC(C)O1. The molecule has 0 aromatic heterocycles. The van der Waals surface area contributed by atoms with Crippen molar-refractivity contribution >= 4 is 29.4 Å². The molecule has 3 amide bonds. The maximum atomic E-state index is 12.7. The molecule has 11 heteroatoms. The number of nitrogens with zero attached hydrogens (tertiary/aromatic N) is 3. The van der Waals surface area contributed by atoms with Crippen LogP contribution in [0.5, 0.6) is 0 Å². The van der Waals surface area contributed by atoms with Crippen LogP contribution in [0.15, 0.2) is 18.2 Å². The number of rotatable bonds is 5. The Bertz CT molecular complexity index is 952. The average molecular weight is 433 g/mol. The summed E-state index contributed by atoms with van der Waals surface area (Å²) in [5.74, 6) is -3.16. The molecule has 2 heterocycles. The number of fused-ring (bicyclic) bond motifs is 1. The predicted molar refractivity (Wildman–Crippen MR) is 105 cm³/mol. The van der Waals surface area contributed by atoms with Gasteiger partial charge in [-0.25, -0.2) is 4.79 Å². The van der Waals surface area contributed by atoms with Crippen molar-refractivity contribution in [2.24, 2.45) is 0 Å². The fourth-order valence-electron chi connectivity index (χ4n) is 3.83. The molecule has 0 N–H and O–H groups in total. The lowest BCUT2D eigenvalue weighted by molar-refractivity contribution is -0.385. The van der Waals surface area contributed by atoms with Gasteiger partial charge in [-0.3, -0.25) is 29.4 Å². The highest BCUT2D eigenvalue weighted by atomic mass is 16.6. The van der Waals surface area contributed by atoms with Crippen molar-refractivity contribution in [1.82, 2.24) is 9.80 Å². The molecule has 2 aliphatic rings. The minimum Gasteiger partial charge on any atom is -0.451 e. The Morgan fingerprint density at radius 2 is 1.77 bits per heavy atom. The second-order valence-electron chi connectivity index (χ2n) is 7.69. The van der Waals surface area contributed by atoms with Crippen molar-refractivity contribution < 1.29 is 33.6 Å². The molecule has 0 saturated carbocycles. The van der Waals surface area contributed by atoms with Gasteiger partial charge in [-0.05, 0) is 33.8 Å². The number of ether oxygens (including phenoxy) is 2. The van der Waals surface area contributed by atoms with Gasteiger partial charge in [0, 0.05) is 19.2 Å². The molecule has 4 unspecified atom stereocenters. The maximum absolute atomic E-state index is 12.7. The molecule has 0 bridgehead atoms. The highest BCUT2D eigenvalue weighted by molar-refractivity contribution is 6.24. The molecule has 0 aliphatic carbocycles. The summed E-state index contributed by atoms with van der Waals surface area (Å²) in [7, 11) is 0. The summed E-state index contributed by atoms with van der Waals surface area (Å²) < 4.78 is 10.8. The lowest BCUT2D eigenvalue weighted by Gasteiger charge is -2.36. The third kappa shape index (κ3) is 4.13. The standard InChI is InChI=1S/C20H23N3O8/c1-10-8-21(9-11(2)30-10)17(24)13(4)31-20(27)12(3)22-18(25)14-6-5-7-15(23(28)29)16(14)19(22)26/h5-7,10-13H,8-9H2,1-4H3. The number of esters is 1. The first-order valence-corrected chi connectivity index (χ1v) is 9.83. The van der Waals surface area contributed by atoms with Crippen LogP contribution in [-0.4, -0.2) is 75.9 Å². The van der Waals surface area contributed by atoms with E-state index < -0.39 is 46.4 Å². The van der Waals surface area contributed by atoms with Crippen molar-refractivity contribution in [3.63, 3.8) is 0 Å². The quantitative estimate of drug-likeness (QED) is 0.292. The van der Waals surface area contributed by atoms with Gasteiger partial charge >= 0.3 is 5.97 Å². The highest BCUT2D eigenvalue weighted by Crippen LogP contribution is 2.32. The zero-order chi connectivity index (χ0) is 23.0. The van der Waals surface area contributed by atoms with E-state index in [-0.39, 0.29) is 23.3 Å². The van der Waals surface area contributed by atoms with Crippen molar-refractivity contribution in [3.05, 3.63) is 39.4 Å². The molecule has 11 nitrogen and oxygen atoms in total. The number of hydrogen-bond donors (Lipinski definition) is 0. The van der Waals surface area contributed by atoms with Crippen LogP contribution in [0, 0.1) is 10.1 Å². The third-order valence-corrected chi connectivity index (χ3v) is 5.22. The van der Waals surface area contributed by atoms with Crippen LogP contribution in [0.2, 0.25) is 0 Å². The number of imide groups is 1. The summed E-state index contributed by atoms with van der Waals surface area (Å²) in [5.41, 5.74) is -1.03. The molecule has 0 spiro atoms. The zero-order valence-corrected chi connectivity index (χ0v) is 17.6. The third-order valence-electron chi connectivity index (χ3n) is 5.22. The zero-order valence-electron chi connectivity index (χ0n) is 17.6. The van der Waals surface area contributed by atoms with Crippen molar-refractivity contribution in [2.45, 2.75) is 52.0 Å². The Labute approximate surface area is 178 Å². The molecular formula is C20H23N3O8. The van der Waals surface area contributed by atoms with Crippen LogP contribution in [0.1, 0.15) is 48.4 Å². The van der Waals surface area contributed by atoms with Gasteiger partial charge in [0.05, 0.1) is 22.7 Å². The molecule has 4 atom stereocenters. The number of hydrogen-bond acceptors (Lipinski definition) is 8. The molecule has 1 aromatic rings. The van der Waals surface area contributed by atoms with Crippen LogP contribution < -0.4 is 0 Å². The largest absolute Gasteiger partial charge is 0.451 e. The smallest absolute Gasteiger partial charge is 0.329 e. The molecular weight excluding hydrogens is 410 g/mol. The molecule has 1 saturated heterocycles. The first kappa shape index (κ1) is 22.3. The van der Waals surface area contributed by atoms with Crippen LogP contribution in [-0.2, 0) is 19.1 Å². The highest BCUT2D eigenvalue weighted by Gasteiger charge is 2.45. The number of carbonyl (C=O) groups is 4.